The highest BCUT2D eigenvalue weighted by molar-refractivity contribution is 8.00. The molecule has 0 heterocycles. The van der Waals surface area contributed by atoms with Gasteiger partial charge in [-0.05, 0) is 67.6 Å². The largest absolute Gasteiger partial charge is 0.326 e. The molecule has 3 aromatic rings. The number of carbonyl (C=O) groups is 2. The third-order valence-electron chi connectivity index (χ3n) is 5.30. The molecule has 1 atom stereocenters. The smallest absolute Gasteiger partial charge is 0.242 e. The van der Waals surface area contributed by atoms with Crippen LogP contribution in [-0.2, 0) is 9.59 Å². The molecule has 4 nitrogen and oxygen atoms in total. The third kappa shape index (κ3) is 5.56. The standard InChI is InChI=1S/C26H26N2O2S/c1-17-11-12-18(2)23(15-17)28-26(30)24(19-7-4-3-5-8-19)31-22-10-6-9-21(16-22)27-25(29)20-13-14-20/h3-12,15-16,20,24H,13-14H2,1-2H3,(H,27,29)(H,28,30). The molecular formula is C26H26N2O2S. The van der Waals surface area contributed by atoms with Crippen molar-refractivity contribution in [2.24, 2.45) is 5.92 Å². The van der Waals surface area contributed by atoms with Crippen LogP contribution in [0.1, 0.15) is 34.8 Å². The zero-order chi connectivity index (χ0) is 21.8. The second-order valence-electron chi connectivity index (χ2n) is 8.01. The number of hydrogen-bond acceptors (Lipinski definition) is 3. The van der Waals surface area contributed by atoms with E-state index in [0.717, 1.165) is 45.8 Å². The molecule has 1 aliphatic carbocycles. The summed E-state index contributed by atoms with van der Waals surface area (Å²) >= 11 is 1.48. The van der Waals surface area contributed by atoms with Gasteiger partial charge in [-0.1, -0.05) is 48.5 Å². The second-order valence-corrected chi connectivity index (χ2v) is 9.19. The Morgan fingerprint density at radius 3 is 2.42 bits per heavy atom. The molecule has 0 spiro atoms. The van der Waals surface area contributed by atoms with Crippen LogP contribution >= 0.6 is 11.8 Å². The van der Waals surface area contributed by atoms with E-state index in [1.807, 2.05) is 86.6 Å². The number of benzene rings is 3. The highest BCUT2D eigenvalue weighted by Crippen LogP contribution is 2.38. The third-order valence-corrected chi connectivity index (χ3v) is 6.54. The molecule has 1 aliphatic rings. The summed E-state index contributed by atoms with van der Waals surface area (Å²) in [5, 5.41) is 5.68. The van der Waals surface area contributed by atoms with Crippen LogP contribution in [0.2, 0.25) is 0 Å². The van der Waals surface area contributed by atoms with Crippen LogP contribution in [0.5, 0.6) is 0 Å². The molecule has 31 heavy (non-hydrogen) atoms. The normalized spacial score (nSPS) is 14.0. The van der Waals surface area contributed by atoms with Crippen molar-refractivity contribution >= 4 is 35.0 Å². The minimum atomic E-state index is -0.421. The summed E-state index contributed by atoms with van der Waals surface area (Å²) in [5.41, 5.74) is 4.66. The lowest BCUT2D eigenvalue weighted by atomic mass is 10.1. The molecule has 0 bridgehead atoms. The van der Waals surface area contributed by atoms with Crippen molar-refractivity contribution in [3.05, 3.63) is 89.5 Å². The fraction of sp³-hybridized carbons (Fsp3) is 0.231. The van der Waals surface area contributed by atoms with Gasteiger partial charge in [-0.15, -0.1) is 11.8 Å². The van der Waals surface area contributed by atoms with E-state index in [-0.39, 0.29) is 17.7 Å². The molecule has 0 aliphatic heterocycles. The molecule has 158 valence electrons. The quantitative estimate of drug-likeness (QED) is 0.444. The molecule has 4 rings (SSSR count). The molecule has 3 aromatic carbocycles. The van der Waals surface area contributed by atoms with E-state index in [1.54, 1.807) is 0 Å². The van der Waals surface area contributed by atoms with E-state index in [4.69, 9.17) is 0 Å². The van der Waals surface area contributed by atoms with E-state index < -0.39 is 5.25 Å². The van der Waals surface area contributed by atoms with E-state index in [1.165, 1.54) is 11.8 Å². The van der Waals surface area contributed by atoms with Crippen molar-refractivity contribution in [1.29, 1.82) is 0 Å². The fourth-order valence-electron chi connectivity index (χ4n) is 3.34. The Hall–Kier alpha value is -3.05. The molecule has 0 saturated heterocycles. The fourth-order valence-corrected chi connectivity index (χ4v) is 4.43. The lowest BCUT2D eigenvalue weighted by Gasteiger charge is -2.19. The van der Waals surface area contributed by atoms with Crippen LogP contribution in [0, 0.1) is 19.8 Å². The number of thioether (sulfide) groups is 1. The van der Waals surface area contributed by atoms with Gasteiger partial charge in [-0.3, -0.25) is 9.59 Å². The predicted octanol–water partition coefficient (Wildman–Crippen LogP) is 6.12. The van der Waals surface area contributed by atoms with Gasteiger partial charge < -0.3 is 10.6 Å². The molecule has 1 fully saturated rings. The summed E-state index contributed by atoms with van der Waals surface area (Å²) in [4.78, 5) is 26.4. The number of aryl methyl sites for hydroxylation is 2. The highest BCUT2D eigenvalue weighted by Gasteiger charge is 2.29. The molecular weight excluding hydrogens is 404 g/mol. The summed E-state index contributed by atoms with van der Waals surface area (Å²) < 4.78 is 0. The summed E-state index contributed by atoms with van der Waals surface area (Å²) in [6.45, 7) is 4.01. The SMILES string of the molecule is Cc1ccc(C)c(NC(=O)C(Sc2cccc(NC(=O)C3CC3)c2)c2ccccc2)c1. The van der Waals surface area contributed by atoms with Gasteiger partial charge in [0, 0.05) is 22.2 Å². The Labute approximate surface area is 187 Å². The first-order valence-corrected chi connectivity index (χ1v) is 11.4. The van der Waals surface area contributed by atoms with E-state index >= 15 is 0 Å². The van der Waals surface area contributed by atoms with Crippen molar-refractivity contribution in [1.82, 2.24) is 0 Å². The zero-order valence-corrected chi connectivity index (χ0v) is 18.5. The summed E-state index contributed by atoms with van der Waals surface area (Å²) in [5.74, 6) is 0.156. The minimum Gasteiger partial charge on any atom is -0.326 e. The molecule has 2 amide bonds. The van der Waals surface area contributed by atoms with Crippen molar-refractivity contribution in [2.45, 2.75) is 36.8 Å². The van der Waals surface area contributed by atoms with E-state index in [9.17, 15) is 9.59 Å². The minimum absolute atomic E-state index is 0.0719. The first kappa shape index (κ1) is 21.2. The van der Waals surface area contributed by atoms with Gasteiger partial charge in [0.15, 0.2) is 0 Å². The number of nitrogens with one attached hydrogen (secondary N) is 2. The van der Waals surface area contributed by atoms with Gasteiger partial charge in [-0.25, -0.2) is 0 Å². The molecule has 1 unspecified atom stereocenters. The molecule has 5 heteroatoms. The van der Waals surface area contributed by atoms with Gasteiger partial charge >= 0.3 is 0 Å². The molecule has 1 saturated carbocycles. The van der Waals surface area contributed by atoms with Gasteiger partial charge in [0.1, 0.15) is 5.25 Å². The predicted molar refractivity (Wildman–Crippen MR) is 127 cm³/mol. The van der Waals surface area contributed by atoms with Crippen molar-refractivity contribution < 1.29 is 9.59 Å². The first-order chi connectivity index (χ1) is 15.0. The molecule has 0 aromatic heterocycles. The van der Waals surface area contributed by atoms with Gasteiger partial charge in [0.05, 0.1) is 0 Å². The van der Waals surface area contributed by atoms with Crippen LogP contribution in [0.15, 0.2) is 77.7 Å². The van der Waals surface area contributed by atoms with Gasteiger partial charge in [-0.2, -0.15) is 0 Å². The Morgan fingerprint density at radius 1 is 0.903 bits per heavy atom. The summed E-state index contributed by atoms with van der Waals surface area (Å²) in [7, 11) is 0. The maximum Gasteiger partial charge on any atom is 0.242 e. The average Bonchev–Trinajstić information content (AvgIpc) is 3.61. The first-order valence-electron chi connectivity index (χ1n) is 10.5. The lowest BCUT2D eigenvalue weighted by molar-refractivity contribution is -0.117. The van der Waals surface area contributed by atoms with Crippen molar-refractivity contribution in [2.75, 3.05) is 10.6 Å². The van der Waals surface area contributed by atoms with Crippen molar-refractivity contribution in [3.63, 3.8) is 0 Å². The Balaban J connectivity index is 1.56. The van der Waals surface area contributed by atoms with Crippen LogP contribution in [0.25, 0.3) is 0 Å². The highest BCUT2D eigenvalue weighted by atomic mass is 32.2. The van der Waals surface area contributed by atoms with Crippen LogP contribution in [0.4, 0.5) is 11.4 Å². The van der Waals surface area contributed by atoms with E-state index in [0.29, 0.717) is 0 Å². The van der Waals surface area contributed by atoms with Crippen molar-refractivity contribution in [3.8, 4) is 0 Å². The number of rotatable bonds is 7. The number of anilines is 2. The lowest BCUT2D eigenvalue weighted by Crippen LogP contribution is -2.19. The summed E-state index contributed by atoms with van der Waals surface area (Å²) in [6, 6.07) is 23.5. The number of amides is 2. The average molecular weight is 431 g/mol. The second kappa shape index (κ2) is 9.40. The van der Waals surface area contributed by atoms with Gasteiger partial charge in [0.25, 0.3) is 0 Å². The van der Waals surface area contributed by atoms with Crippen LogP contribution in [-0.4, -0.2) is 11.8 Å². The Kier molecular flexibility index (Phi) is 6.42. The topological polar surface area (TPSA) is 58.2 Å². The number of hydrogen-bond donors (Lipinski definition) is 2. The zero-order valence-electron chi connectivity index (χ0n) is 17.7. The Morgan fingerprint density at radius 2 is 1.68 bits per heavy atom. The Bertz CT molecular complexity index is 1090. The number of carbonyl (C=O) groups excluding carboxylic acids is 2. The van der Waals surface area contributed by atoms with Crippen LogP contribution in [0.3, 0.4) is 0 Å². The van der Waals surface area contributed by atoms with Gasteiger partial charge in [0.2, 0.25) is 11.8 Å². The van der Waals surface area contributed by atoms with E-state index in [2.05, 4.69) is 10.6 Å². The maximum atomic E-state index is 13.3. The monoisotopic (exact) mass is 430 g/mol. The summed E-state index contributed by atoms with van der Waals surface area (Å²) in [6.07, 6.45) is 1.93. The van der Waals surface area contributed by atoms with Crippen LogP contribution < -0.4 is 10.6 Å². The maximum absolute atomic E-state index is 13.3. The molecule has 2 N–H and O–H groups in total. The molecule has 0 radical (unpaired) electrons.